The second kappa shape index (κ2) is 6.41. The Labute approximate surface area is 108 Å². The van der Waals surface area contributed by atoms with Gasteiger partial charge in [0, 0.05) is 6.04 Å². The fourth-order valence-corrected chi connectivity index (χ4v) is 3.80. The standard InChI is InChI=1S/C14H23NOS/c1-3-9-15-13(11-6-4-5-7-11)14-12(16-2)8-10-17-14/h8,10-11,13,15H,3-7,9H2,1-2H3. The smallest absolute Gasteiger partial charge is 0.134 e. The fourth-order valence-electron chi connectivity index (χ4n) is 2.77. The van der Waals surface area contributed by atoms with Gasteiger partial charge in [0.1, 0.15) is 5.75 Å². The van der Waals surface area contributed by atoms with Gasteiger partial charge in [-0.1, -0.05) is 19.8 Å². The highest BCUT2D eigenvalue weighted by Crippen LogP contribution is 2.41. The molecule has 0 aromatic carbocycles. The Kier molecular flexibility index (Phi) is 4.86. The number of methoxy groups -OCH3 is 1. The lowest BCUT2D eigenvalue weighted by atomic mass is 9.96. The highest BCUT2D eigenvalue weighted by Gasteiger charge is 2.28. The van der Waals surface area contributed by atoms with E-state index >= 15 is 0 Å². The van der Waals surface area contributed by atoms with Gasteiger partial charge in [-0.25, -0.2) is 0 Å². The Bertz CT molecular complexity index is 331. The van der Waals surface area contributed by atoms with E-state index < -0.39 is 0 Å². The van der Waals surface area contributed by atoms with Crippen LogP contribution in [-0.2, 0) is 0 Å². The van der Waals surface area contributed by atoms with Crippen molar-refractivity contribution in [3.05, 3.63) is 16.3 Å². The van der Waals surface area contributed by atoms with Crippen molar-refractivity contribution >= 4 is 11.3 Å². The van der Waals surface area contributed by atoms with Gasteiger partial charge >= 0.3 is 0 Å². The maximum atomic E-state index is 5.48. The van der Waals surface area contributed by atoms with Gasteiger partial charge in [0.25, 0.3) is 0 Å². The van der Waals surface area contributed by atoms with Crippen molar-refractivity contribution in [3.63, 3.8) is 0 Å². The van der Waals surface area contributed by atoms with Gasteiger partial charge in [0.2, 0.25) is 0 Å². The highest BCUT2D eigenvalue weighted by molar-refractivity contribution is 7.10. The van der Waals surface area contributed by atoms with Crippen LogP contribution in [0, 0.1) is 5.92 Å². The largest absolute Gasteiger partial charge is 0.496 e. The van der Waals surface area contributed by atoms with E-state index in [0.29, 0.717) is 6.04 Å². The van der Waals surface area contributed by atoms with Crippen LogP contribution in [0.4, 0.5) is 0 Å². The van der Waals surface area contributed by atoms with Gasteiger partial charge in [-0.3, -0.25) is 0 Å². The second-order valence-electron chi connectivity index (χ2n) is 4.83. The Morgan fingerprint density at radius 1 is 1.47 bits per heavy atom. The summed E-state index contributed by atoms with van der Waals surface area (Å²) in [6, 6.07) is 2.60. The minimum Gasteiger partial charge on any atom is -0.496 e. The summed E-state index contributed by atoms with van der Waals surface area (Å²) in [6.45, 7) is 3.33. The Morgan fingerprint density at radius 3 is 2.88 bits per heavy atom. The lowest BCUT2D eigenvalue weighted by Crippen LogP contribution is -2.27. The molecule has 0 aliphatic heterocycles. The van der Waals surface area contributed by atoms with E-state index in [2.05, 4.69) is 23.7 Å². The van der Waals surface area contributed by atoms with E-state index in [0.717, 1.165) is 18.2 Å². The molecule has 0 bridgehead atoms. The molecule has 96 valence electrons. The number of nitrogens with one attached hydrogen (secondary N) is 1. The molecule has 1 saturated carbocycles. The Balaban J connectivity index is 2.13. The number of hydrogen-bond acceptors (Lipinski definition) is 3. The maximum absolute atomic E-state index is 5.48. The van der Waals surface area contributed by atoms with Gasteiger partial charge in [-0.05, 0) is 43.2 Å². The van der Waals surface area contributed by atoms with Crippen LogP contribution in [0.15, 0.2) is 11.4 Å². The van der Waals surface area contributed by atoms with Crippen molar-refractivity contribution in [1.29, 1.82) is 0 Å². The van der Waals surface area contributed by atoms with Crippen molar-refractivity contribution in [2.75, 3.05) is 13.7 Å². The molecule has 0 saturated heterocycles. The summed E-state index contributed by atoms with van der Waals surface area (Å²) < 4.78 is 5.48. The molecule has 0 amide bonds. The van der Waals surface area contributed by atoms with Crippen LogP contribution in [0.2, 0.25) is 0 Å². The van der Waals surface area contributed by atoms with Crippen LogP contribution in [0.1, 0.15) is 49.9 Å². The van der Waals surface area contributed by atoms with Crippen LogP contribution < -0.4 is 10.1 Å². The molecule has 1 aliphatic carbocycles. The van der Waals surface area contributed by atoms with Gasteiger partial charge in [-0.15, -0.1) is 11.3 Å². The van der Waals surface area contributed by atoms with Gasteiger partial charge in [0.15, 0.2) is 0 Å². The van der Waals surface area contributed by atoms with Crippen molar-refractivity contribution in [1.82, 2.24) is 5.32 Å². The normalized spacial score (nSPS) is 18.5. The summed E-state index contributed by atoms with van der Waals surface area (Å²) in [5.74, 6) is 1.87. The molecule has 3 heteroatoms. The lowest BCUT2D eigenvalue weighted by Gasteiger charge is -2.24. The van der Waals surface area contributed by atoms with E-state index in [1.807, 2.05) is 11.3 Å². The zero-order valence-corrected chi connectivity index (χ0v) is 11.7. The fraction of sp³-hybridized carbons (Fsp3) is 0.714. The molecular formula is C14H23NOS. The number of hydrogen-bond donors (Lipinski definition) is 1. The van der Waals surface area contributed by atoms with Crippen LogP contribution in [0.5, 0.6) is 5.75 Å². The lowest BCUT2D eigenvalue weighted by molar-refractivity contribution is 0.351. The van der Waals surface area contributed by atoms with E-state index in [4.69, 9.17) is 4.74 Å². The number of rotatable bonds is 6. The average Bonchev–Trinajstić information content (AvgIpc) is 3.00. The van der Waals surface area contributed by atoms with Crippen LogP contribution in [-0.4, -0.2) is 13.7 Å². The third-order valence-corrected chi connectivity index (χ3v) is 4.63. The minimum atomic E-state index is 0.507. The summed E-state index contributed by atoms with van der Waals surface area (Å²) in [4.78, 5) is 1.40. The van der Waals surface area contributed by atoms with E-state index in [1.54, 1.807) is 7.11 Å². The van der Waals surface area contributed by atoms with Gasteiger partial charge < -0.3 is 10.1 Å². The predicted molar refractivity (Wildman–Crippen MR) is 73.9 cm³/mol. The van der Waals surface area contributed by atoms with Crippen LogP contribution >= 0.6 is 11.3 Å². The van der Waals surface area contributed by atoms with Gasteiger partial charge in [0.05, 0.1) is 12.0 Å². The van der Waals surface area contributed by atoms with Crippen LogP contribution in [0.3, 0.4) is 0 Å². The molecule has 1 aromatic rings. The molecule has 1 atom stereocenters. The Morgan fingerprint density at radius 2 is 2.24 bits per heavy atom. The quantitative estimate of drug-likeness (QED) is 0.827. The van der Waals surface area contributed by atoms with Crippen molar-refractivity contribution < 1.29 is 4.74 Å². The third-order valence-electron chi connectivity index (χ3n) is 3.65. The zero-order valence-electron chi connectivity index (χ0n) is 10.9. The summed E-state index contributed by atoms with van der Waals surface area (Å²) in [5, 5.41) is 5.86. The van der Waals surface area contributed by atoms with Crippen molar-refractivity contribution in [2.24, 2.45) is 5.92 Å². The van der Waals surface area contributed by atoms with Crippen molar-refractivity contribution in [3.8, 4) is 5.75 Å². The molecule has 0 radical (unpaired) electrons. The molecule has 1 N–H and O–H groups in total. The van der Waals surface area contributed by atoms with E-state index in [1.165, 1.54) is 37.0 Å². The molecule has 1 unspecified atom stereocenters. The molecular weight excluding hydrogens is 230 g/mol. The van der Waals surface area contributed by atoms with Crippen LogP contribution in [0.25, 0.3) is 0 Å². The first-order valence-electron chi connectivity index (χ1n) is 6.71. The highest BCUT2D eigenvalue weighted by atomic mass is 32.1. The summed E-state index contributed by atoms with van der Waals surface area (Å²) in [5.41, 5.74) is 0. The van der Waals surface area contributed by atoms with Gasteiger partial charge in [-0.2, -0.15) is 0 Å². The number of ether oxygens (including phenoxy) is 1. The topological polar surface area (TPSA) is 21.3 Å². The molecule has 1 aromatic heterocycles. The van der Waals surface area contributed by atoms with E-state index in [9.17, 15) is 0 Å². The summed E-state index contributed by atoms with van der Waals surface area (Å²) in [7, 11) is 1.77. The third kappa shape index (κ3) is 3.02. The monoisotopic (exact) mass is 253 g/mol. The predicted octanol–water partition coefficient (Wildman–Crippen LogP) is 3.99. The molecule has 17 heavy (non-hydrogen) atoms. The second-order valence-corrected chi connectivity index (χ2v) is 5.78. The van der Waals surface area contributed by atoms with E-state index in [-0.39, 0.29) is 0 Å². The Hall–Kier alpha value is -0.540. The summed E-state index contributed by atoms with van der Waals surface area (Å²) >= 11 is 1.83. The average molecular weight is 253 g/mol. The number of thiophene rings is 1. The molecule has 1 heterocycles. The molecule has 1 fully saturated rings. The zero-order chi connectivity index (χ0) is 12.1. The minimum absolute atomic E-state index is 0.507. The molecule has 2 rings (SSSR count). The first-order chi connectivity index (χ1) is 8.36. The molecule has 0 spiro atoms. The first kappa shape index (κ1) is 12.9. The SMILES string of the molecule is CCCNC(c1sccc1OC)C1CCCC1. The maximum Gasteiger partial charge on any atom is 0.134 e. The molecule has 2 nitrogen and oxygen atoms in total. The summed E-state index contributed by atoms with van der Waals surface area (Å²) in [6.07, 6.45) is 6.70. The molecule has 1 aliphatic rings. The van der Waals surface area contributed by atoms with Crippen molar-refractivity contribution in [2.45, 2.75) is 45.1 Å². The first-order valence-corrected chi connectivity index (χ1v) is 7.59.